The van der Waals surface area contributed by atoms with Crippen molar-refractivity contribution in [1.29, 1.82) is 0 Å². The third kappa shape index (κ3) is 7.63. The zero-order chi connectivity index (χ0) is 31.9. The minimum absolute atomic E-state index is 0.155. The molecule has 0 atom stereocenters. The van der Waals surface area contributed by atoms with Crippen LogP contribution < -0.4 is 30.5 Å². The van der Waals surface area contributed by atoms with Crippen molar-refractivity contribution in [1.82, 2.24) is 19.9 Å². The summed E-state index contributed by atoms with van der Waals surface area (Å²) in [6, 6.07) is 25.0. The van der Waals surface area contributed by atoms with Gasteiger partial charge >= 0.3 is 0 Å². The van der Waals surface area contributed by atoms with E-state index in [4.69, 9.17) is 4.74 Å². The molecule has 46 heavy (non-hydrogen) atoms. The van der Waals surface area contributed by atoms with Crippen molar-refractivity contribution in [2.45, 2.75) is 13.5 Å². The number of nitrogens with zero attached hydrogens (tertiary/aromatic N) is 4. The maximum Gasteiger partial charge on any atom is 0.255 e. The minimum atomic E-state index is -0.155. The lowest BCUT2D eigenvalue weighted by Crippen LogP contribution is -3.26. The van der Waals surface area contributed by atoms with Crippen LogP contribution in [-0.2, 0) is 6.54 Å². The Kier molecular flexibility index (Phi) is 9.42. The third-order valence-corrected chi connectivity index (χ3v) is 8.20. The Labute approximate surface area is 268 Å². The average molecular weight is 618 g/mol. The number of carbonyl (C=O) groups excluding carboxylic acids is 1. The molecule has 3 heterocycles. The quantitative estimate of drug-likeness (QED) is 0.162. The average Bonchev–Trinajstić information content (AvgIpc) is 3.08. The highest BCUT2D eigenvalue weighted by molar-refractivity contribution is 6.04. The van der Waals surface area contributed by atoms with Crippen LogP contribution >= 0.6 is 0 Å². The number of aromatic nitrogens is 4. The number of ether oxygens (including phenoxy) is 1. The molecule has 0 unspecified atom stereocenters. The highest BCUT2D eigenvalue weighted by Gasteiger charge is 2.20. The summed E-state index contributed by atoms with van der Waals surface area (Å²) in [5.74, 6) is 2.05. The first-order valence-corrected chi connectivity index (χ1v) is 15.4. The van der Waals surface area contributed by atoms with E-state index in [2.05, 4.69) is 55.1 Å². The third-order valence-electron chi connectivity index (χ3n) is 8.20. The molecule has 0 spiro atoms. The molecule has 5 N–H and O–H groups in total. The summed E-state index contributed by atoms with van der Waals surface area (Å²) in [7, 11) is 3.88. The number of hydrogen-bond acceptors (Lipinski definition) is 8. The molecule has 1 amide bonds. The Hall–Kier alpha value is -5.39. The molecule has 11 nitrogen and oxygen atoms in total. The van der Waals surface area contributed by atoms with Crippen molar-refractivity contribution in [2.24, 2.45) is 0 Å². The van der Waals surface area contributed by atoms with Gasteiger partial charge in [-0.3, -0.25) is 4.79 Å². The Morgan fingerprint density at radius 1 is 0.870 bits per heavy atom. The predicted octanol–water partition coefficient (Wildman–Crippen LogP) is 2.90. The van der Waals surface area contributed by atoms with Gasteiger partial charge in [-0.25, -0.2) is 15.0 Å². The van der Waals surface area contributed by atoms with Crippen LogP contribution in [0.1, 0.15) is 21.5 Å². The number of hydrogen-bond donors (Lipinski definition) is 5. The fraction of sp³-hybridized carbons (Fsp3) is 0.229. The van der Waals surface area contributed by atoms with Gasteiger partial charge in [-0.2, -0.15) is 4.98 Å². The number of quaternary nitrogens is 2. The van der Waals surface area contributed by atoms with Crippen molar-refractivity contribution < 1.29 is 19.3 Å². The van der Waals surface area contributed by atoms with Crippen LogP contribution in [0.15, 0.2) is 91.4 Å². The number of rotatable bonds is 10. The number of anilines is 5. The molecule has 2 aromatic heterocycles. The highest BCUT2D eigenvalue weighted by atomic mass is 16.5. The maximum absolute atomic E-state index is 13.2. The topological polar surface area (TPSA) is 123 Å². The normalized spacial score (nSPS) is 16.0. The smallest absolute Gasteiger partial charge is 0.255 e. The van der Waals surface area contributed by atoms with E-state index in [-0.39, 0.29) is 5.91 Å². The summed E-state index contributed by atoms with van der Waals surface area (Å²) in [4.78, 5) is 34.3. The van der Waals surface area contributed by atoms with Crippen LogP contribution in [0.2, 0.25) is 0 Å². The number of likely N-dealkylation sites (N-methyl/N-ethyl adjacent to an activating group) is 1. The molecule has 1 fully saturated rings. The first kappa shape index (κ1) is 30.6. The van der Waals surface area contributed by atoms with Crippen LogP contribution in [0.25, 0.3) is 11.4 Å². The molecule has 0 radical (unpaired) electrons. The van der Waals surface area contributed by atoms with Gasteiger partial charge < -0.3 is 30.5 Å². The zero-order valence-electron chi connectivity index (χ0n) is 26.3. The van der Waals surface area contributed by atoms with Gasteiger partial charge in [-0.1, -0.05) is 18.2 Å². The van der Waals surface area contributed by atoms with Gasteiger partial charge in [-0.05, 0) is 73.2 Å². The SMILES string of the molecule is COc1ccc(Nc2ncnc(-c3cccnc3Nc3cc(NC(=O)c4ccc(C[NH+]5CC[NH+](C)CC5)cc4)ccc3C)n2)cc1. The summed E-state index contributed by atoms with van der Waals surface area (Å²) >= 11 is 0. The summed E-state index contributed by atoms with van der Waals surface area (Å²) in [5.41, 5.74) is 5.87. The Morgan fingerprint density at radius 3 is 2.39 bits per heavy atom. The molecule has 6 rings (SSSR count). The van der Waals surface area contributed by atoms with Crippen LogP contribution in [0.3, 0.4) is 0 Å². The van der Waals surface area contributed by atoms with Gasteiger partial charge in [0, 0.05) is 34.4 Å². The molecule has 1 saturated heterocycles. The van der Waals surface area contributed by atoms with E-state index in [0.717, 1.165) is 29.2 Å². The molecule has 3 aromatic carbocycles. The zero-order valence-corrected chi connectivity index (χ0v) is 26.3. The first-order valence-electron chi connectivity index (χ1n) is 15.4. The lowest BCUT2D eigenvalue weighted by Gasteiger charge is -2.27. The number of piperazine rings is 1. The van der Waals surface area contributed by atoms with E-state index in [9.17, 15) is 4.79 Å². The van der Waals surface area contributed by atoms with Gasteiger partial charge in [0.25, 0.3) is 5.91 Å². The van der Waals surface area contributed by atoms with Gasteiger partial charge in [0.2, 0.25) is 5.95 Å². The summed E-state index contributed by atoms with van der Waals surface area (Å²) in [6.07, 6.45) is 3.17. The van der Waals surface area contributed by atoms with Crippen molar-refractivity contribution in [3.63, 3.8) is 0 Å². The van der Waals surface area contributed by atoms with Gasteiger partial charge in [-0.15, -0.1) is 0 Å². The van der Waals surface area contributed by atoms with E-state index >= 15 is 0 Å². The fourth-order valence-electron chi connectivity index (χ4n) is 5.41. The monoisotopic (exact) mass is 617 g/mol. The largest absolute Gasteiger partial charge is 0.497 e. The van der Waals surface area contributed by atoms with Crippen LogP contribution in [0.4, 0.5) is 28.8 Å². The summed E-state index contributed by atoms with van der Waals surface area (Å²) in [5, 5.41) is 9.67. The van der Waals surface area contributed by atoms with Crippen LogP contribution in [0.5, 0.6) is 5.75 Å². The number of pyridine rings is 1. The second kappa shape index (κ2) is 14.1. The number of benzene rings is 3. The van der Waals surface area contributed by atoms with E-state index in [1.807, 2.05) is 73.7 Å². The molecular weight excluding hydrogens is 578 g/mol. The second-order valence-corrected chi connectivity index (χ2v) is 11.6. The van der Waals surface area contributed by atoms with E-state index in [1.165, 1.54) is 38.1 Å². The Balaban J connectivity index is 1.14. The maximum atomic E-state index is 13.2. The fourth-order valence-corrected chi connectivity index (χ4v) is 5.41. The number of carbonyl (C=O) groups is 1. The van der Waals surface area contributed by atoms with E-state index < -0.39 is 0 Å². The lowest BCUT2D eigenvalue weighted by atomic mass is 10.1. The number of amides is 1. The van der Waals surface area contributed by atoms with Crippen LogP contribution in [0, 0.1) is 6.92 Å². The van der Waals surface area contributed by atoms with Crippen molar-refractivity contribution in [3.05, 3.63) is 108 Å². The van der Waals surface area contributed by atoms with Gasteiger partial charge in [0.05, 0.1) is 19.7 Å². The lowest BCUT2D eigenvalue weighted by molar-refractivity contribution is -1.01. The molecule has 234 valence electrons. The van der Waals surface area contributed by atoms with Gasteiger partial charge in [0.1, 0.15) is 50.6 Å². The number of nitrogens with one attached hydrogen (secondary N) is 5. The van der Waals surface area contributed by atoms with Crippen LogP contribution in [-0.4, -0.2) is 66.2 Å². The highest BCUT2D eigenvalue weighted by Crippen LogP contribution is 2.30. The van der Waals surface area contributed by atoms with Crippen molar-refractivity contribution in [3.8, 4) is 17.1 Å². The Morgan fingerprint density at radius 2 is 1.63 bits per heavy atom. The molecular formula is C35H39N9O2+2. The van der Waals surface area contributed by atoms with E-state index in [1.54, 1.807) is 23.1 Å². The molecule has 0 bridgehead atoms. The molecule has 0 saturated carbocycles. The Bertz CT molecular complexity index is 1790. The van der Waals surface area contributed by atoms with Crippen molar-refractivity contribution in [2.75, 3.05) is 56.3 Å². The molecule has 11 heteroatoms. The standard InChI is InChI=1S/C35H37N9O2/c1-24-6-11-28(39-34(45)26-9-7-25(8-10-26)22-44-19-17-43(2)18-20-44)21-31(24)41-32-30(5-4-16-36-32)33-37-23-38-35(42-33)40-27-12-14-29(46-3)15-13-27/h4-16,21,23H,17-20,22H2,1-3H3,(H,36,41)(H,39,45)(H,37,38,40,42)/p+2. The second-order valence-electron chi connectivity index (χ2n) is 11.6. The van der Waals surface area contributed by atoms with Gasteiger partial charge in [0.15, 0.2) is 5.82 Å². The first-order chi connectivity index (χ1) is 22.4. The number of methoxy groups -OCH3 is 1. The molecule has 1 aliphatic rings. The predicted molar refractivity (Wildman–Crippen MR) is 179 cm³/mol. The molecule has 1 aliphatic heterocycles. The minimum Gasteiger partial charge on any atom is -0.497 e. The molecule has 0 aliphatic carbocycles. The number of aryl methyl sites for hydroxylation is 1. The summed E-state index contributed by atoms with van der Waals surface area (Å²) < 4.78 is 5.24. The molecule has 5 aromatic rings. The van der Waals surface area contributed by atoms with E-state index in [0.29, 0.717) is 34.4 Å². The van der Waals surface area contributed by atoms with Crippen molar-refractivity contribution >= 4 is 34.7 Å². The summed E-state index contributed by atoms with van der Waals surface area (Å²) in [6.45, 7) is 7.74.